The molecule has 0 radical (unpaired) electrons. The number of nitrogens with zero attached hydrogens (tertiary/aromatic N) is 4. The summed E-state index contributed by atoms with van der Waals surface area (Å²) in [4.78, 5) is 2.28. The Labute approximate surface area is 89.7 Å². The molecule has 0 aliphatic heterocycles. The summed E-state index contributed by atoms with van der Waals surface area (Å²) in [7, 11) is 1.98. The highest BCUT2D eigenvalue weighted by Gasteiger charge is 2.29. The van der Waals surface area contributed by atoms with Crippen LogP contribution in [0, 0.1) is 6.92 Å². The zero-order valence-electron chi connectivity index (χ0n) is 9.35. The van der Waals surface area contributed by atoms with Gasteiger partial charge in [-0.15, -0.1) is 10.2 Å². The molecule has 0 aromatic carbocycles. The van der Waals surface area contributed by atoms with Crippen LogP contribution < -0.4 is 0 Å². The van der Waals surface area contributed by atoms with Crippen molar-refractivity contribution in [3.8, 4) is 0 Å². The Kier molecular flexibility index (Phi) is 3.02. The van der Waals surface area contributed by atoms with Gasteiger partial charge in [0.15, 0.2) is 0 Å². The molecule has 1 heterocycles. The first kappa shape index (κ1) is 10.6. The maximum Gasteiger partial charge on any atom is 0.146 e. The molecule has 1 N–H and O–H groups in total. The highest BCUT2D eigenvalue weighted by molar-refractivity contribution is 4.95. The zero-order valence-corrected chi connectivity index (χ0v) is 9.35. The lowest BCUT2D eigenvalue weighted by molar-refractivity contribution is 0.179. The molecule has 84 valence electrons. The minimum Gasteiger partial charge on any atom is -0.395 e. The van der Waals surface area contributed by atoms with Crippen molar-refractivity contribution < 1.29 is 5.11 Å². The van der Waals surface area contributed by atoms with Crippen molar-refractivity contribution in [1.29, 1.82) is 0 Å². The van der Waals surface area contributed by atoms with Crippen LogP contribution in [0.3, 0.4) is 0 Å². The number of hydrogen-bond donors (Lipinski definition) is 1. The lowest BCUT2D eigenvalue weighted by Crippen LogP contribution is -2.29. The van der Waals surface area contributed by atoms with E-state index in [9.17, 15) is 0 Å². The first-order chi connectivity index (χ1) is 7.22. The lowest BCUT2D eigenvalue weighted by Gasteiger charge is -2.19. The van der Waals surface area contributed by atoms with Gasteiger partial charge < -0.3 is 9.67 Å². The first-order valence-electron chi connectivity index (χ1n) is 5.42. The maximum atomic E-state index is 8.98. The monoisotopic (exact) mass is 210 g/mol. The van der Waals surface area contributed by atoms with Gasteiger partial charge in [0.05, 0.1) is 13.2 Å². The zero-order chi connectivity index (χ0) is 10.8. The van der Waals surface area contributed by atoms with E-state index >= 15 is 0 Å². The SMILES string of the molecule is Cc1nnc(CN(CCO)C2CC2)n1C. The van der Waals surface area contributed by atoms with Crippen LogP contribution in [-0.2, 0) is 13.6 Å². The number of rotatable bonds is 5. The van der Waals surface area contributed by atoms with E-state index in [-0.39, 0.29) is 6.61 Å². The molecule has 2 rings (SSSR count). The van der Waals surface area contributed by atoms with Crippen LogP contribution in [0.15, 0.2) is 0 Å². The number of aliphatic hydroxyl groups excluding tert-OH is 1. The third kappa shape index (κ3) is 2.35. The largest absolute Gasteiger partial charge is 0.395 e. The summed E-state index contributed by atoms with van der Waals surface area (Å²) in [6, 6.07) is 0.647. The second-order valence-corrected chi connectivity index (χ2v) is 4.15. The van der Waals surface area contributed by atoms with Gasteiger partial charge >= 0.3 is 0 Å². The van der Waals surface area contributed by atoms with E-state index in [2.05, 4.69) is 15.1 Å². The van der Waals surface area contributed by atoms with Gasteiger partial charge in [0.2, 0.25) is 0 Å². The average molecular weight is 210 g/mol. The Morgan fingerprint density at radius 2 is 2.20 bits per heavy atom. The van der Waals surface area contributed by atoms with Crippen LogP contribution in [0.2, 0.25) is 0 Å². The Morgan fingerprint density at radius 1 is 1.47 bits per heavy atom. The molecule has 1 aromatic heterocycles. The summed E-state index contributed by atoms with van der Waals surface area (Å²) in [6.07, 6.45) is 2.49. The molecule has 0 atom stereocenters. The molecule has 1 fully saturated rings. The molecule has 1 saturated carbocycles. The highest BCUT2D eigenvalue weighted by atomic mass is 16.3. The van der Waals surface area contributed by atoms with Crippen LogP contribution in [0.1, 0.15) is 24.5 Å². The predicted molar refractivity (Wildman–Crippen MR) is 56.3 cm³/mol. The van der Waals surface area contributed by atoms with E-state index in [1.807, 2.05) is 18.5 Å². The predicted octanol–water partition coefficient (Wildman–Crippen LogP) is 0.0802. The molecule has 1 aliphatic rings. The molecule has 15 heavy (non-hydrogen) atoms. The van der Waals surface area contributed by atoms with E-state index < -0.39 is 0 Å². The normalized spacial score (nSPS) is 16.3. The summed E-state index contributed by atoms with van der Waals surface area (Å²) in [5, 5.41) is 17.2. The van der Waals surface area contributed by atoms with Gasteiger partial charge in [0, 0.05) is 19.6 Å². The van der Waals surface area contributed by atoms with Crippen LogP contribution in [0.4, 0.5) is 0 Å². The molecule has 0 saturated heterocycles. The number of aliphatic hydroxyl groups is 1. The molecular weight excluding hydrogens is 192 g/mol. The minimum absolute atomic E-state index is 0.216. The molecule has 0 spiro atoms. The summed E-state index contributed by atoms with van der Waals surface area (Å²) in [6.45, 7) is 3.69. The Balaban J connectivity index is 2.01. The van der Waals surface area contributed by atoms with Crippen LogP contribution in [0.25, 0.3) is 0 Å². The molecule has 0 bridgehead atoms. The van der Waals surface area contributed by atoms with Gasteiger partial charge in [-0.1, -0.05) is 0 Å². The van der Waals surface area contributed by atoms with Crippen molar-refractivity contribution in [3.63, 3.8) is 0 Å². The topological polar surface area (TPSA) is 54.2 Å². The fraction of sp³-hybridized carbons (Fsp3) is 0.800. The van der Waals surface area contributed by atoms with E-state index in [1.165, 1.54) is 12.8 Å². The van der Waals surface area contributed by atoms with Crippen molar-refractivity contribution in [1.82, 2.24) is 19.7 Å². The molecule has 1 aromatic rings. The third-order valence-electron chi connectivity index (χ3n) is 2.98. The standard InChI is InChI=1S/C10H18N4O/c1-8-11-12-10(13(8)2)7-14(5-6-15)9-3-4-9/h9,15H,3-7H2,1-2H3. The minimum atomic E-state index is 0.216. The van der Waals surface area contributed by atoms with Gasteiger partial charge in [-0.3, -0.25) is 4.90 Å². The maximum absolute atomic E-state index is 8.98. The smallest absolute Gasteiger partial charge is 0.146 e. The average Bonchev–Trinajstić information content (AvgIpc) is 3.00. The summed E-state index contributed by atoms with van der Waals surface area (Å²) in [5.74, 6) is 1.91. The molecule has 5 nitrogen and oxygen atoms in total. The van der Waals surface area contributed by atoms with Crippen molar-refractivity contribution in [2.45, 2.75) is 32.4 Å². The van der Waals surface area contributed by atoms with Gasteiger partial charge in [0.1, 0.15) is 11.6 Å². The van der Waals surface area contributed by atoms with Crippen molar-refractivity contribution in [3.05, 3.63) is 11.6 Å². The second kappa shape index (κ2) is 4.28. The number of aryl methyl sites for hydroxylation is 1. The first-order valence-corrected chi connectivity index (χ1v) is 5.42. The van der Waals surface area contributed by atoms with Gasteiger partial charge in [-0.25, -0.2) is 0 Å². The van der Waals surface area contributed by atoms with E-state index in [4.69, 9.17) is 5.11 Å². The third-order valence-corrected chi connectivity index (χ3v) is 2.98. The second-order valence-electron chi connectivity index (χ2n) is 4.15. The van der Waals surface area contributed by atoms with Crippen molar-refractivity contribution in [2.75, 3.05) is 13.2 Å². The Bertz CT molecular complexity index is 332. The number of hydrogen-bond acceptors (Lipinski definition) is 4. The Hall–Kier alpha value is -0.940. The van der Waals surface area contributed by atoms with E-state index in [0.29, 0.717) is 6.04 Å². The lowest BCUT2D eigenvalue weighted by atomic mass is 10.4. The summed E-state index contributed by atoms with van der Waals surface area (Å²) >= 11 is 0. The Morgan fingerprint density at radius 3 is 2.67 bits per heavy atom. The molecular formula is C10H18N4O. The van der Waals surface area contributed by atoms with E-state index in [0.717, 1.165) is 24.7 Å². The number of aromatic nitrogens is 3. The van der Waals surface area contributed by atoms with E-state index in [1.54, 1.807) is 0 Å². The van der Waals surface area contributed by atoms with Crippen LogP contribution in [-0.4, -0.2) is 44.0 Å². The van der Waals surface area contributed by atoms with Crippen LogP contribution >= 0.6 is 0 Å². The molecule has 1 aliphatic carbocycles. The molecule has 5 heteroatoms. The highest BCUT2D eigenvalue weighted by Crippen LogP contribution is 2.27. The van der Waals surface area contributed by atoms with Gasteiger partial charge in [0.25, 0.3) is 0 Å². The van der Waals surface area contributed by atoms with Crippen LogP contribution in [0.5, 0.6) is 0 Å². The fourth-order valence-corrected chi connectivity index (χ4v) is 1.73. The molecule has 0 unspecified atom stereocenters. The summed E-state index contributed by atoms with van der Waals surface area (Å²) in [5.41, 5.74) is 0. The van der Waals surface area contributed by atoms with Crippen molar-refractivity contribution >= 4 is 0 Å². The van der Waals surface area contributed by atoms with Gasteiger partial charge in [-0.05, 0) is 19.8 Å². The van der Waals surface area contributed by atoms with Gasteiger partial charge in [-0.2, -0.15) is 0 Å². The molecule has 0 amide bonds. The fourth-order valence-electron chi connectivity index (χ4n) is 1.73. The van der Waals surface area contributed by atoms with Crippen molar-refractivity contribution in [2.24, 2.45) is 7.05 Å². The summed E-state index contributed by atoms with van der Waals surface area (Å²) < 4.78 is 2.01. The quantitative estimate of drug-likeness (QED) is 0.748.